The Bertz CT molecular complexity index is 378. The second-order valence-corrected chi connectivity index (χ2v) is 6.55. The second-order valence-electron chi connectivity index (χ2n) is 4.36. The van der Waals surface area contributed by atoms with Gasteiger partial charge in [-0.15, -0.1) is 0 Å². The van der Waals surface area contributed by atoms with E-state index in [4.69, 9.17) is 4.74 Å². The molecule has 0 aromatic rings. The Balaban J connectivity index is 2.25. The van der Waals surface area contributed by atoms with E-state index in [0.717, 1.165) is 6.42 Å². The molecule has 0 radical (unpaired) electrons. The lowest BCUT2D eigenvalue weighted by Crippen LogP contribution is -2.44. The summed E-state index contributed by atoms with van der Waals surface area (Å²) in [5.41, 5.74) is -0.411. The van der Waals surface area contributed by atoms with Gasteiger partial charge in [-0.05, 0) is 19.4 Å². The molecular formula is C9H15NO4S. The van der Waals surface area contributed by atoms with Crippen LogP contribution in [-0.2, 0) is 19.4 Å². The molecule has 1 spiro atoms. The predicted molar refractivity (Wildman–Crippen MR) is 54.1 cm³/mol. The zero-order valence-corrected chi connectivity index (χ0v) is 9.47. The van der Waals surface area contributed by atoms with E-state index in [1.54, 1.807) is 0 Å². The third-order valence-electron chi connectivity index (χ3n) is 3.44. The summed E-state index contributed by atoms with van der Waals surface area (Å²) in [6, 6.07) is -0.445. The fourth-order valence-corrected chi connectivity index (χ4v) is 4.84. The summed E-state index contributed by atoms with van der Waals surface area (Å²) in [6.45, 7) is 0.690. The van der Waals surface area contributed by atoms with E-state index >= 15 is 0 Å². The molecule has 0 aromatic carbocycles. The van der Waals surface area contributed by atoms with Crippen molar-refractivity contribution in [3.05, 3.63) is 0 Å². The number of ether oxygens (including phenoxy) is 1. The maximum atomic E-state index is 11.5. The molecule has 0 amide bonds. The quantitative estimate of drug-likeness (QED) is 0.608. The molecule has 0 saturated carbocycles. The summed E-state index contributed by atoms with van der Waals surface area (Å²) in [5, 5.41) is 3.04. The molecule has 2 heterocycles. The van der Waals surface area contributed by atoms with Gasteiger partial charge in [-0.2, -0.15) is 0 Å². The first kappa shape index (κ1) is 10.9. The van der Waals surface area contributed by atoms with E-state index in [-0.39, 0.29) is 17.5 Å². The summed E-state index contributed by atoms with van der Waals surface area (Å²) in [6.07, 6.45) is 1.31. The highest BCUT2D eigenvalue weighted by molar-refractivity contribution is 7.91. The highest BCUT2D eigenvalue weighted by Gasteiger charge is 2.53. The number of esters is 1. The summed E-state index contributed by atoms with van der Waals surface area (Å²) >= 11 is 0. The van der Waals surface area contributed by atoms with Gasteiger partial charge in [-0.3, -0.25) is 4.79 Å². The molecular weight excluding hydrogens is 218 g/mol. The molecule has 0 bridgehead atoms. The van der Waals surface area contributed by atoms with Gasteiger partial charge in [0.1, 0.15) is 6.04 Å². The molecule has 2 aliphatic rings. The topological polar surface area (TPSA) is 72.5 Å². The molecule has 0 aromatic heterocycles. The van der Waals surface area contributed by atoms with Gasteiger partial charge in [0.25, 0.3) is 0 Å². The highest BCUT2D eigenvalue weighted by Crippen LogP contribution is 2.42. The molecule has 0 aliphatic carbocycles. The van der Waals surface area contributed by atoms with Crippen LogP contribution in [0.1, 0.15) is 12.8 Å². The van der Waals surface area contributed by atoms with Crippen LogP contribution in [0.4, 0.5) is 0 Å². The summed E-state index contributed by atoms with van der Waals surface area (Å²) < 4.78 is 27.6. The van der Waals surface area contributed by atoms with Crippen molar-refractivity contribution in [2.24, 2.45) is 5.41 Å². The van der Waals surface area contributed by atoms with Gasteiger partial charge >= 0.3 is 5.97 Å². The predicted octanol–water partition coefficient (Wildman–Crippen LogP) is -0.674. The summed E-state index contributed by atoms with van der Waals surface area (Å²) in [4.78, 5) is 11.5. The third-order valence-corrected chi connectivity index (χ3v) is 5.28. The van der Waals surface area contributed by atoms with E-state index < -0.39 is 21.3 Å². The summed E-state index contributed by atoms with van der Waals surface area (Å²) in [5.74, 6) is -0.0285. The third kappa shape index (κ3) is 1.76. The van der Waals surface area contributed by atoms with Crippen LogP contribution in [-0.4, -0.2) is 45.6 Å². The highest BCUT2D eigenvalue weighted by atomic mass is 32.2. The largest absolute Gasteiger partial charge is 0.468 e. The Morgan fingerprint density at radius 2 is 2.20 bits per heavy atom. The van der Waals surface area contributed by atoms with Gasteiger partial charge in [-0.25, -0.2) is 8.42 Å². The van der Waals surface area contributed by atoms with E-state index in [0.29, 0.717) is 13.0 Å². The van der Waals surface area contributed by atoms with Crippen molar-refractivity contribution in [2.45, 2.75) is 18.9 Å². The number of sulfone groups is 1. The second kappa shape index (κ2) is 3.45. The normalized spacial score (nSPS) is 38.3. The van der Waals surface area contributed by atoms with E-state index in [2.05, 4.69) is 5.32 Å². The molecule has 86 valence electrons. The molecule has 2 fully saturated rings. The average molecular weight is 233 g/mol. The number of rotatable bonds is 1. The molecule has 1 N–H and O–H groups in total. The van der Waals surface area contributed by atoms with Gasteiger partial charge in [0.05, 0.1) is 18.6 Å². The van der Waals surface area contributed by atoms with Crippen molar-refractivity contribution < 1.29 is 17.9 Å². The molecule has 2 atom stereocenters. The van der Waals surface area contributed by atoms with Crippen molar-refractivity contribution >= 4 is 15.8 Å². The maximum Gasteiger partial charge on any atom is 0.323 e. The fraction of sp³-hybridized carbons (Fsp3) is 0.889. The molecule has 2 saturated heterocycles. The van der Waals surface area contributed by atoms with Gasteiger partial charge in [0.2, 0.25) is 0 Å². The lowest BCUT2D eigenvalue weighted by molar-refractivity contribution is -0.145. The number of carbonyl (C=O) groups is 1. The molecule has 2 aliphatic heterocycles. The number of nitrogens with one attached hydrogen (secondary N) is 1. The lowest BCUT2D eigenvalue weighted by atomic mass is 9.80. The monoisotopic (exact) mass is 233 g/mol. The van der Waals surface area contributed by atoms with Crippen LogP contribution < -0.4 is 5.32 Å². The number of methoxy groups -OCH3 is 1. The lowest BCUT2D eigenvalue weighted by Gasteiger charge is -2.26. The van der Waals surface area contributed by atoms with Crippen molar-refractivity contribution in [3.8, 4) is 0 Å². The van der Waals surface area contributed by atoms with Gasteiger partial charge < -0.3 is 10.1 Å². The van der Waals surface area contributed by atoms with E-state index in [1.165, 1.54) is 7.11 Å². The van der Waals surface area contributed by atoms with E-state index in [1.807, 2.05) is 0 Å². The first-order valence-corrected chi connectivity index (χ1v) is 6.83. The van der Waals surface area contributed by atoms with Crippen molar-refractivity contribution in [1.29, 1.82) is 0 Å². The minimum Gasteiger partial charge on any atom is -0.468 e. The van der Waals surface area contributed by atoms with Gasteiger partial charge in [0, 0.05) is 5.41 Å². The van der Waals surface area contributed by atoms with Crippen LogP contribution in [0.15, 0.2) is 0 Å². The van der Waals surface area contributed by atoms with Gasteiger partial charge in [-0.1, -0.05) is 0 Å². The van der Waals surface area contributed by atoms with Crippen molar-refractivity contribution in [2.75, 3.05) is 25.2 Å². The Hall–Kier alpha value is -0.620. The van der Waals surface area contributed by atoms with E-state index in [9.17, 15) is 13.2 Å². The van der Waals surface area contributed by atoms with Crippen LogP contribution in [0.3, 0.4) is 0 Å². The summed E-state index contributed by atoms with van der Waals surface area (Å²) in [7, 11) is -1.63. The minimum atomic E-state index is -2.96. The van der Waals surface area contributed by atoms with Crippen molar-refractivity contribution in [1.82, 2.24) is 5.32 Å². The van der Waals surface area contributed by atoms with Crippen LogP contribution in [0.5, 0.6) is 0 Å². The first-order chi connectivity index (χ1) is 6.99. The fourth-order valence-electron chi connectivity index (χ4n) is 2.64. The SMILES string of the molecule is COC(=O)C1NCCC12CCS(=O)(=O)C2. The zero-order valence-electron chi connectivity index (χ0n) is 8.65. The Morgan fingerprint density at radius 1 is 1.47 bits per heavy atom. The van der Waals surface area contributed by atoms with Gasteiger partial charge in [0.15, 0.2) is 9.84 Å². The number of hydrogen-bond donors (Lipinski definition) is 1. The Kier molecular flexibility index (Phi) is 2.50. The molecule has 2 unspecified atom stereocenters. The van der Waals surface area contributed by atoms with Crippen LogP contribution in [0.2, 0.25) is 0 Å². The smallest absolute Gasteiger partial charge is 0.323 e. The number of carbonyl (C=O) groups excluding carboxylic acids is 1. The Labute approximate surface area is 89.1 Å². The average Bonchev–Trinajstić information content (AvgIpc) is 2.70. The molecule has 2 rings (SSSR count). The van der Waals surface area contributed by atoms with Crippen molar-refractivity contribution in [3.63, 3.8) is 0 Å². The van der Waals surface area contributed by atoms with Crippen LogP contribution in [0.25, 0.3) is 0 Å². The standard InChI is InChI=1S/C9H15NO4S/c1-14-8(11)7-9(2-4-10-7)3-5-15(12,13)6-9/h7,10H,2-6H2,1H3. The Morgan fingerprint density at radius 3 is 2.73 bits per heavy atom. The molecule has 6 heteroatoms. The minimum absolute atomic E-state index is 0.118. The molecule has 15 heavy (non-hydrogen) atoms. The van der Waals surface area contributed by atoms with Crippen LogP contribution >= 0.6 is 0 Å². The molecule has 5 nitrogen and oxygen atoms in total. The zero-order chi connectivity index (χ0) is 11.1. The maximum absolute atomic E-state index is 11.5. The number of hydrogen-bond acceptors (Lipinski definition) is 5. The first-order valence-electron chi connectivity index (χ1n) is 5.01. The van der Waals surface area contributed by atoms with Crippen LogP contribution in [0, 0.1) is 5.41 Å².